The van der Waals surface area contributed by atoms with E-state index in [1.54, 1.807) is 6.08 Å². The second-order valence-corrected chi connectivity index (χ2v) is 9.19. The number of rotatable bonds is 10. The number of carbonyl (C=O) groups excluding carboxylic acids is 2. The maximum atomic E-state index is 12.8. The molecule has 3 rings (SSSR count). The summed E-state index contributed by atoms with van der Waals surface area (Å²) in [5.41, 5.74) is 1.74. The molecular weight excluding hydrogens is 466 g/mol. The van der Waals surface area contributed by atoms with Gasteiger partial charge in [0.2, 0.25) is 0 Å². The van der Waals surface area contributed by atoms with Gasteiger partial charge in [0.15, 0.2) is 0 Å². The first-order valence-electron chi connectivity index (χ1n) is 10.3. The molecule has 5 nitrogen and oxygen atoms in total. The minimum absolute atomic E-state index is 0.149. The Balaban J connectivity index is 1.59. The number of esters is 1. The van der Waals surface area contributed by atoms with Gasteiger partial charge in [-0.25, -0.2) is 0 Å². The summed E-state index contributed by atoms with van der Waals surface area (Å²) in [5.74, 6) is 0.283. The van der Waals surface area contributed by atoms with Crippen LogP contribution in [-0.2, 0) is 20.9 Å². The van der Waals surface area contributed by atoms with Crippen LogP contribution < -0.4 is 4.74 Å². The average Bonchev–Trinajstić information content (AvgIpc) is 3.04. The Bertz CT molecular complexity index is 1020. The third kappa shape index (κ3) is 6.82. The highest BCUT2D eigenvalue weighted by atomic mass is 35.5. The van der Waals surface area contributed by atoms with Gasteiger partial charge in [-0.1, -0.05) is 72.8 Å². The van der Waals surface area contributed by atoms with E-state index in [1.807, 2.05) is 55.5 Å². The maximum absolute atomic E-state index is 12.8. The van der Waals surface area contributed by atoms with Crippen LogP contribution in [0.2, 0.25) is 5.02 Å². The fraction of sp³-hybridized carbons (Fsp3) is 0.292. The molecule has 1 saturated heterocycles. The van der Waals surface area contributed by atoms with Crippen LogP contribution in [0.3, 0.4) is 0 Å². The van der Waals surface area contributed by atoms with Crippen molar-refractivity contribution in [3.05, 3.63) is 69.6 Å². The molecule has 0 saturated carbocycles. The lowest BCUT2D eigenvalue weighted by Crippen LogP contribution is -2.29. The molecule has 32 heavy (non-hydrogen) atoms. The first-order valence-corrected chi connectivity index (χ1v) is 12.0. The molecule has 0 aromatic heterocycles. The molecule has 1 aliphatic rings. The lowest BCUT2D eigenvalue weighted by Gasteiger charge is -2.13. The predicted octanol–water partition coefficient (Wildman–Crippen LogP) is 5.85. The van der Waals surface area contributed by atoms with E-state index >= 15 is 0 Å². The van der Waals surface area contributed by atoms with Crippen LogP contribution in [0.1, 0.15) is 37.3 Å². The number of hydrogen-bond acceptors (Lipinski definition) is 6. The molecule has 0 unspecified atom stereocenters. The van der Waals surface area contributed by atoms with Crippen LogP contribution in [-0.4, -0.2) is 34.2 Å². The molecule has 2 aromatic carbocycles. The topological polar surface area (TPSA) is 55.8 Å². The minimum atomic E-state index is -0.249. The van der Waals surface area contributed by atoms with Crippen molar-refractivity contribution in [3.8, 4) is 5.75 Å². The number of hydrogen-bond donors (Lipinski definition) is 0. The highest BCUT2D eigenvalue weighted by molar-refractivity contribution is 8.26. The molecule has 1 amide bonds. The van der Waals surface area contributed by atoms with Gasteiger partial charge in [-0.2, -0.15) is 0 Å². The summed E-state index contributed by atoms with van der Waals surface area (Å²) in [6, 6.07) is 15.0. The van der Waals surface area contributed by atoms with Gasteiger partial charge in [0.05, 0.1) is 11.5 Å². The van der Waals surface area contributed by atoms with Gasteiger partial charge >= 0.3 is 5.97 Å². The maximum Gasteiger partial charge on any atom is 0.305 e. The van der Waals surface area contributed by atoms with Crippen molar-refractivity contribution in [2.75, 3.05) is 13.2 Å². The number of thiocarbonyl (C=S) groups is 1. The summed E-state index contributed by atoms with van der Waals surface area (Å²) in [4.78, 5) is 26.5. The third-order valence-electron chi connectivity index (χ3n) is 4.61. The van der Waals surface area contributed by atoms with Gasteiger partial charge in [-0.3, -0.25) is 14.5 Å². The molecular formula is C24H24ClNO4S2. The number of halogens is 1. The number of thioether (sulfide) groups is 1. The van der Waals surface area contributed by atoms with Crippen molar-refractivity contribution >= 4 is 57.9 Å². The number of carbonyl (C=O) groups is 2. The van der Waals surface area contributed by atoms with Crippen molar-refractivity contribution in [2.24, 2.45) is 0 Å². The van der Waals surface area contributed by atoms with Crippen LogP contribution in [0.25, 0.3) is 6.08 Å². The first-order chi connectivity index (χ1) is 15.5. The monoisotopic (exact) mass is 489 g/mol. The molecule has 1 heterocycles. The molecule has 8 heteroatoms. The lowest BCUT2D eigenvalue weighted by atomic mass is 10.2. The van der Waals surface area contributed by atoms with Gasteiger partial charge in [-0.05, 0) is 42.7 Å². The highest BCUT2D eigenvalue weighted by Gasteiger charge is 2.31. The molecule has 2 aromatic rings. The van der Waals surface area contributed by atoms with Crippen LogP contribution in [0.4, 0.5) is 0 Å². The lowest BCUT2D eigenvalue weighted by molar-refractivity contribution is -0.144. The van der Waals surface area contributed by atoms with Gasteiger partial charge in [0, 0.05) is 23.6 Å². The quantitative estimate of drug-likeness (QED) is 0.237. The zero-order valence-corrected chi connectivity index (χ0v) is 20.1. The van der Waals surface area contributed by atoms with E-state index in [0.717, 1.165) is 17.5 Å². The first kappa shape index (κ1) is 24.3. The Morgan fingerprint density at radius 2 is 2.03 bits per heavy atom. The summed E-state index contributed by atoms with van der Waals surface area (Å²) < 4.78 is 11.4. The Morgan fingerprint density at radius 3 is 2.81 bits per heavy atom. The molecule has 0 atom stereocenters. The molecule has 0 radical (unpaired) electrons. The summed E-state index contributed by atoms with van der Waals surface area (Å²) in [6.45, 7) is 3.11. The normalized spacial score (nSPS) is 14.8. The number of ether oxygens (including phenoxy) is 2. The Labute approximate surface area is 202 Å². The Morgan fingerprint density at radius 1 is 1.22 bits per heavy atom. The molecule has 168 valence electrons. The average molecular weight is 490 g/mol. The van der Waals surface area contributed by atoms with Crippen molar-refractivity contribution in [1.29, 1.82) is 0 Å². The van der Waals surface area contributed by atoms with Crippen LogP contribution >= 0.6 is 35.6 Å². The molecule has 1 aliphatic heterocycles. The highest BCUT2D eigenvalue weighted by Crippen LogP contribution is 2.33. The van der Waals surface area contributed by atoms with Gasteiger partial charge in [0.1, 0.15) is 16.7 Å². The summed E-state index contributed by atoms with van der Waals surface area (Å²) in [5, 5.41) is 0.658. The zero-order chi connectivity index (χ0) is 22.9. The predicted molar refractivity (Wildman–Crippen MR) is 133 cm³/mol. The van der Waals surface area contributed by atoms with Crippen LogP contribution in [0, 0.1) is 0 Å². The summed E-state index contributed by atoms with van der Waals surface area (Å²) >= 11 is 12.8. The summed E-state index contributed by atoms with van der Waals surface area (Å²) in [6.07, 6.45) is 3.36. The molecule has 0 aliphatic carbocycles. The van der Waals surface area contributed by atoms with E-state index in [9.17, 15) is 9.59 Å². The van der Waals surface area contributed by atoms with E-state index in [0.29, 0.717) is 46.2 Å². The van der Waals surface area contributed by atoms with E-state index in [2.05, 4.69) is 0 Å². The smallest absolute Gasteiger partial charge is 0.305 e. The number of nitrogens with zero attached hydrogens (tertiary/aromatic N) is 1. The van der Waals surface area contributed by atoms with Crippen molar-refractivity contribution in [2.45, 2.75) is 32.8 Å². The second-order valence-electron chi connectivity index (χ2n) is 7.11. The molecule has 0 bridgehead atoms. The van der Waals surface area contributed by atoms with E-state index < -0.39 is 0 Å². The third-order valence-corrected chi connectivity index (χ3v) is 6.36. The van der Waals surface area contributed by atoms with E-state index in [4.69, 9.17) is 33.3 Å². The molecule has 0 N–H and O–H groups in total. The van der Waals surface area contributed by atoms with Crippen LogP contribution in [0.5, 0.6) is 5.75 Å². The molecule has 0 spiro atoms. The van der Waals surface area contributed by atoms with Crippen molar-refractivity contribution in [1.82, 2.24) is 4.90 Å². The minimum Gasteiger partial charge on any atom is -0.489 e. The fourth-order valence-electron chi connectivity index (χ4n) is 2.98. The number of benzene rings is 2. The Hall–Kier alpha value is -2.35. The van der Waals surface area contributed by atoms with Crippen molar-refractivity contribution < 1.29 is 19.1 Å². The second kappa shape index (κ2) is 12.0. The fourth-order valence-corrected chi connectivity index (χ4v) is 4.48. The standard InChI is InChI=1S/C24H24ClNO4S2/c1-2-13-29-22(27)11-6-12-26-23(28)21(32-24(26)31)15-17-7-5-9-19(14-17)30-16-18-8-3-4-10-20(18)25/h3-5,7-10,14-15H,2,6,11-13,16H2,1H3/b21-15+. The van der Waals surface area contributed by atoms with E-state index in [-0.39, 0.29) is 18.3 Å². The molecule has 1 fully saturated rings. The van der Waals surface area contributed by atoms with Gasteiger partial charge in [-0.15, -0.1) is 0 Å². The zero-order valence-electron chi connectivity index (χ0n) is 17.7. The van der Waals surface area contributed by atoms with Crippen LogP contribution in [0.15, 0.2) is 53.4 Å². The summed E-state index contributed by atoms with van der Waals surface area (Å²) in [7, 11) is 0. The Kier molecular flexibility index (Phi) is 9.14. The van der Waals surface area contributed by atoms with Crippen molar-refractivity contribution in [3.63, 3.8) is 0 Å². The van der Waals surface area contributed by atoms with Gasteiger partial charge < -0.3 is 9.47 Å². The van der Waals surface area contributed by atoms with E-state index in [1.165, 1.54) is 16.7 Å². The largest absolute Gasteiger partial charge is 0.489 e. The van der Waals surface area contributed by atoms with Gasteiger partial charge in [0.25, 0.3) is 5.91 Å². The SMILES string of the molecule is CCCOC(=O)CCCN1C(=O)/C(=C\c2cccc(OCc3ccccc3Cl)c2)SC1=S. The number of amides is 1.